The minimum Gasteiger partial charge on any atom is -0.352 e. The monoisotopic (exact) mass is 322 g/mol. The van der Waals surface area contributed by atoms with Crippen LogP contribution in [-0.2, 0) is 6.42 Å². The average Bonchev–Trinajstić information content (AvgIpc) is 3.17. The van der Waals surface area contributed by atoms with Gasteiger partial charge in [-0.15, -0.1) is 0 Å². The van der Waals surface area contributed by atoms with Gasteiger partial charge < -0.3 is 9.80 Å². The Labute approximate surface area is 146 Å². The van der Waals surface area contributed by atoms with Gasteiger partial charge >= 0.3 is 0 Å². The van der Waals surface area contributed by atoms with E-state index in [4.69, 9.17) is 0 Å². The Balaban J connectivity index is 1.64. The zero-order valence-electron chi connectivity index (χ0n) is 14.1. The summed E-state index contributed by atoms with van der Waals surface area (Å²) in [6.45, 7) is 0. The standard InChI is InChI=1S/C23H18N2/c1-24-21-8-4-5-9-22(21)25-20-11-10-17-12-15-6-2-3-7-16(15)13-18(17)19(20)14-23(24)25/h2-13,23H,14H2,1H3. The van der Waals surface area contributed by atoms with Gasteiger partial charge in [0.1, 0.15) is 6.17 Å². The van der Waals surface area contributed by atoms with Gasteiger partial charge in [-0.25, -0.2) is 0 Å². The van der Waals surface area contributed by atoms with E-state index in [9.17, 15) is 0 Å². The summed E-state index contributed by atoms with van der Waals surface area (Å²) in [4.78, 5) is 4.93. The highest BCUT2D eigenvalue weighted by Crippen LogP contribution is 2.50. The van der Waals surface area contributed by atoms with Crippen LogP contribution in [0.5, 0.6) is 0 Å². The molecule has 0 spiro atoms. The van der Waals surface area contributed by atoms with Crippen molar-refractivity contribution in [1.82, 2.24) is 0 Å². The van der Waals surface area contributed by atoms with E-state index in [-0.39, 0.29) is 0 Å². The van der Waals surface area contributed by atoms with Crippen molar-refractivity contribution < 1.29 is 0 Å². The number of benzene rings is 4. The van der Waals surface area contributed by atoms with E-state index in [1.807, 2.05) is 0 Å². The van der Waals surface area contributed by atoms with E-state index in [1.165, 1.54) is 44.2 Å². The van der Waals surface area contributed by atoms with Crippen molar-refractivity contribution in [2.75, 3.05) is 16.8 Å². The molecule has 25 heavy (non-hydrogen) atoms. The van der Waals surface area contributed by atoms with Gasteiger partial charge in [0.15, 0.2) is 0 Å². The maximum atomic E-state index is 2.51. The average molecular weight is 322 g/mol. The lowest BCUT2D eigenvalue weighted by Crippen LogP contribution is -2.35. The molecule has 0 amide bonds. The van der Waals surface area contributed by atoms with Crippen LogP contribution in [0.2, 0.25) is 0 Å². The molecule has 4 aromatic rings. The van der Waals surface area contributed by atoms with E-state index >= 15 is 0 Å². The van der Waals surface area contributed by atoms with E-state index in [2.05, 4.69) is 89.6 Å². The van der Waals surface area contributed by atoms with Gasteiger partial charge in [0.2, 0.25) is 0 Å². The smallest absolute Gasteiger partial charge is 0.110 e. The third kappa shape index (κ3) is 1.64. The van der Waals surface area contributed by atoms with Crippen molar-refractivity contribution in [3.8, 4) is 0 Å². The summed E-state index contributed by atoms with van der Waals surface area (Å²) in [6, 6.07) is 26.7. The molecule has 1 unspecified atom stereocenters. The number of rotatable bonds is 0. The molecule has 0 saturated carbocycles. The third-order valence-electron chi connectivity index (χ3n) is 5.89. The highest BCUT2D eigenvalue weighted by Gasteiger charge is 2.40. The summed E-state index contributed by atoms with van der Waals surface area (Å²) in [5, 5.41) is 5.38. The minimum absolute atomic E-state index is 0.393. The number of fused-ring (bicyclic) bond motifs is 8. The predicted octanol–water partition coefficient (Wildman–Crippen LogP) is 5.46. The van der Waals surface area contributed by atoms with Crippen molar-refractivity contribution in [2.24, 2.45) is 0 Å². The quantitative estimate of drug-likeness (QED) is 0.396. The van der Waals surface area contributed by atoms with Gasteiger partial charge in [0, 0.05) is 19.2 Å². The molecule has 4 aromatic carbocycles. The predicted molar refractivity (Wildman–Crippen MR) is 106 cm³/mol. The molecule has 0 fully saturated rings. The molecule has 2 heteroatoms. The molecule has 0 N–H and O–H groups in total. The molecule has 1 atom stereocenters. The van der Waals surface area contributed by atoms with Crippen LogP contribution in [-0.4, -0.2) is 13.2 Å². The molecular formula is C23H18N2. The van der Waals surface area contributed by atoms with Crippen LogP contribution < -0.4 is 9.80 Å². The second-order valence-electron chi connectivity index (χ2n) is 7.14. The Morgan fingerprint density at radius 2 is 1.44 bits per heavy atom. The number of para-hydroxylation sites is 2. The topological polar surface area (TPSA) is 6.48 Å². The van der Waals surface area contributed by atoms with Gasteiger partial charge in [-0.1, -0.05) is 42.5 Å². The van der Waals surface area contributed by atoms with Crippen molar-refractivity contribution in [2.45, 2.75) is 12.6 Å². The number of likely N-dealkylation sites (N-methyl/N-ethyl adjacent to an activating group) is 1. The first-order chi connectivity index (χ1) is 12.3. The highest BCUT2D eigenvalue weighted by molar-refractivity contribution is 6.03. The molecule has 2 nitrogen and oxygen atoms in total. The first-order valence-corrected chi connectivity index (χ1v) is 8.87. The molecular weight excluding hydrogens is 304 g/mol. The van der Waals surface area contributed by atoms with Gasteiger partial charge in [-0.3, -0.25) is 0 Å². The summed E-state index contributed by atoms with van der Waals surface area (Å²) in [5.74, 6) is 0. The summed E-state index contributed by atoms with van der Waals surface area (Å²) in [5.41, 5.74) is 5.50. The fraction of sp³-hybridized carbons (Fsp3) is 0.130. The lowest BCUT2D eigenvalue weighted by atomic mass is 9.97. The fourth-order valence-corrected chi connectivity index (χ4v) is 4.67. The molecule has 0 radical (unpaired) electrons. The second kappa shape index (κ2) is 4.54. The molecule has 2 heterocycles. The third-order valence-corrected chi connectivity index (χ3v) is 5.89. The minimum atomic E-state index is 0.393. The van der Waals surface area contributed by atoms with E-state index < -0.39 is 0 Å². The molecule has 0 saturated heterocycles. The maximum absolute atomic E-state index is 2.51. The Kier molecular flexibility index (Phi) is 2.42. The molecule has 6 rings (SSSR count). The molecule has 0 aliphatic carbocycles. The van der Waals surface area contributed by atoms with Crippen LogP contribution in [0.1, 0.15) is 5.56 Å². The van der Waals surface area contributed by atoms with Crippen LogP contribution in [0, 0.1) is 0 Å². The van der Waals surface area contributed by atoms with E-state index in [1.54, 1.807) is 0 Å². The first-order valence-electron chi connectivity index (χ1n) is 8.87. The number of anilines is 3. The SMILES string of the molecule is CN1c2ccccc2N2c3ccc4cc5ccccc5cc4c3CC12. The molecule has 2 aliphatic rings. The molecule has 2 aliphatic heterocycles. The van der Waals surface area contributed by atoms with E-state index in [0.29, 0.717) is 6.17 Å². The van der Waals surface area contributed by atoms with Crippen molar-refractivity contribution in [3.63, 3.8) is 0 Å². The van der Waals surface area contributed by atoms with Crippen LogP contribution in [0.15, 0.2) is 72.8 Å². The molecule has 0 bridgehead atoms. The Morgan fingerprint density at radius 3 is 2.28 bits per heavy atom. The van der Waals surface area contributed by atoms with E-state index in [0.717, 1.165) is 6.42 Å². The Hall–Kier alpha value is -3.00. The number of hydrogen-bond acceptors (Lipinski definition) is 2. The zero-order valence-corrected chi connectivity index (χ0v) is 14.1. The summed E-state index contributed by atoms with van der Waals surface area (Å²) >= 11 is 0. The van der Waals surface area contributed by atoms with Crippen molar-refractivity contribution in [1.29, 1.82) is 0 Å². The van der Waals surface area contributed by atoms with Crippen LogP contribution in [0.3, 0.4) is 0 Å². The van der Waals surface area contributed by atoms with Crippen LogP contribution in [0.25, 0.3) is 21.5 Å². The number of hydrogen-bond donors (Lipinski definition) is 0. The van der Waals surface area contributed by atoms with Gasteiger partial charge in [-0.05, 0) is 57.4 Å². The second-order valence-corrected chi connectivity index (χ2v) is 7.14. The van der Waals surface area contributed by atoms with Crippen molar-refractivity contribution >= 4 is 38.6 Å². The van der Waals surface area contributed by atoms with Crippen LogP contribution >= 0.6 is 0 Å². The summed E-state index contributed by atoms with van der Waals surface area (Å²) < 4.78 is 0. The van der Waals surface area contributed by atoms with Crippen molar-refractivity contribution in [3.05, 3.63) is 78.4 Å². The molecule has 120 valence electrons. The summed E-state index contributed by atoms with van der Waals surface area (Å²) in [7, 11) is 2.22. The van der Waals surface area contributed by atoms with Crippen LogP contribution in [0.4, 0.5) is 17.1 Å². The van der Waals surface area contributed by atoms with Gasteiger partial charge in [0.25, 0.3) is 0 Å². The lowest BCUT2D eigenvalue weighted by Gasteiger charge is -2.23. The normalized spacial score (nSPS) is 17.9. The molecule has 0 aromatic heterocycles. The maximum Gasteiger partial charge on any atom is 0.110 e. The number of nitrogens with zero attached hydrogens (tertiary/aromatic N) is 2. The first kappa shape index (κ1) is 13.3. The Morgan fingerprint density at radius 1 is 0.720 bits per heavy atom. The largest absolute Gasteiger partial charge is 0.352 e. The van der Waals surface area contributed by atoms with Gasteiger partial charge in [-0.2, -0.15) is 0 Å². The van der Waals surface area contributed by atoms with Gasteiger partial charge in [0.05, 0.1) is 11.4 Å². The zero-order chi connectivity index (χ0) is 16.5. The fourth-order valence-electron chi connectivity index (χ4n) is 4.67. The Bertz CT molecular complexity index is 1160. The summed E-state index contributed by atoms with van der Waals surface area (Å²) in [6.07, 6.45) is 1.46. The lowest BCUT2D eigenvalue weighted by molar-refractivity contribution is 0.705. The highest BCUT2D eigenvalue weighted by atomic mass is 15.4.